The molecule has 3 nitrogen and oxygen atoms in total. The van der Waals surface area contributed by atoms with Crippen LogP contribution in [0.2, 0.25) is 0 Å². The molecule has 0 amide bonds. The number of aliphatic carboxylic acids is 1. The minimum atomic E-state index is -0.827. The SMILES string of the molecule is Cc1cc(F)c(C2CC(C(=O)O)CN2)cc1Br. The zero-order chi connectivity index (χ0) is 12.6. The van der Waals surface area contributed by atoms with E-state index in [4.69, 9.17) is 5.11 Å². The predicted molar refractivity (Wildman–Crippen MR) is 65.3 cm³/mol. The van der Waals surface area contributed by atoms with E-state index in [9.17, 15) is 9.18 Å². The van der Waals surface area contributed by atoms with Crippen molar-refractivity contribution in [2.45, 2.75) is 19.4 Å². The molecule has 1 aromatic rings. The highest BCUT2D eigenvalue weighted by Crippen LogP contribution is 2.32. The Morgan fingerprint density at radius 3 is 2.88 bits per heavy atom. The van der Waals surface area contributed by atoms with Crippen LogP contribution in [0.15, 0.2) is 16.6 Å². The summed E-state index contributed by atoms with van der Waals surface area (Å²) in [6.45, 7) is 2.21. The molecule has 0 aromatic heterocycles. The first kappa shape index (κ1) is 12.5. The van der Waals surface area contributed by atoms with Gasteiger partial charge in [-0.1, -0.05) is 15.9 Å². The number of aryl methyl sites for hydroxylation is 1. The highest BCUT2D eigenvalue weighted by atomic mass is 79.9. The van der Waals surface area contributed by atoms with E-state index in [0.717, 1.165) is 10.0 Å². The third-order valence-electron chi connectivity index (χ3n) is 3.13. The molecule has 5 heteroatoms. The van der Waals surface area contributed by atoms with Crippen LogP contribution in [0.5, 0.6) is 0 Å². The summed E-state index contributed by atoms with van der Waals surface area (Å²) in [4.78, 5) is 10.8. The Hall–Kier alpha value is -0.940. The summed E-state index contributed by atoms with van der Waals surface area (Å²) in [6, 6.07) is 2.98. The van der Waals surface area contributed by atoms with Crippen molar-refractivity contribution in [3.05, 3.63) is 33.5 Å². The summed E-state index contributed by atoms with van der Waals surface area (Å²) < 4.78 is 14.6. The van der Waals surface area contributed by atoms with Crippen molar-refractivity contribution in [1.82, 2.24) is 5.32 Å². The van der Waals surface area contributed by atoms with Crippen LogP contribution in [0.4, 0.5) is 4.39 Å². The van der Waals surface area contributed by atoms with Gasteiger partial charge in [0.2, 0.25) is 0 Å². The van der Waals surface area contributed by atoms with Gasteiger partial charge in [0.15, 0.2) is 0 Å². The van der Waals surface area contributed by atoms with Crippen molar-refractivity contribution in [2.75, 3.05) is 6.54 Å². The molecule has 17 heavy (non-hydrogen) atoms. The number of nitrogens with one attached hydrogen (secondary N) is 1. The maximum absolute atomic E-state index is 13.8. The van der Waals surface area contributed by atoms with Gasteiger partial charge in [0.25, 0.3) is 0 Å². The Bertz CT molecular complexity index is 464. The molecule has 1 saturated heterocycles. The third kappa shape index (κ3) is 2.50. The van der Waals surface area contributed by atoms with Crippen molar-refractivity contribution in [3.63, 3.8) is 0 Å². The fourth-order valence-electron chi connectivity index (χ4n) is 2.09. The fraction of sp³-hybridized carbons (Fsp3) is 0.417. The Morgan fingerprint density at radius 1 is 1.59 bits per heavy atom. The van der Waals surface area contributed by atoms with Gasteiger partial charge in [-0.25, -0.2) is 4.39 Å². The first-order valence-electron chi connectivity index (χ1n) is 5.40. The van der Waals surface area contributed by atoms with Crippen LogP contribution in [-0.4, -0.2) is 17.6 Å². The topological polar surface area (TPSA) is 49.3 Å². The van der Waals surface area contributed by atoms with Gasteiger partial charge >= 0.3 is 5.97 Å². The van der Waals surface area contributed by atoms with Gasteiger partial charge in [-0.05, 0) is 31.0 Å². The lowest BCUT2D eigenvalue weighted by Crippen LogP contribution is -2.17. The van der Waals surface area contributed by atoms with Crippen LogP contribution in [0.25, 0.3) is 0 Å². The van der Waals surface area contributed by atoms with E-state index in [1.165, 1.54) is 6.07 Å². The van der Waals surface area contributed by atoms with Crippen LogP contribution in [0.1, 0.15) is 23.6 Å². The molecule has 92 valence electrons. The Morgan fingerprint density at radius 2 is 2.29 bits per heavy atom. The number of benzene rings is 1. The molecule has 0 saturated carbocycles. The number of carboxylic acid groups (broad SMARTS) is 1. The highest BCUT2D eigenvalue weighted by Gasteiger charge is 2.31. The van der Waals surface area contributed by atoms with Crippen LogP contribution < -0.4 is 5.32 Å². The largest absolute Gasteiger partial charge is 0.481 e. The fourth-order valence-corrected chi connectivity index (χ4v) is 2.45. The Labute approximate surface area is 107 Å². The van der Waals surface area contributed by atoms with Crippen molar-refractivity contribution in [3.8, 4) is 0 Å². The van der Waals surface area contributed by atoms with Gasteiger partial charge in [-0.3, -0.25) is 4.79 Å². The zero-order valence-electron chi connectivity index (χ0n) is 9.34. The standard InChI is InChI=1S/C12H13BrFNO2/c1-6-2-10(14)8(4-9(6)13)11-3-7(5-15-11)12(16)17/h2,4,7,11,15H,3,5H2,1H3,(H,16,17). The molecule has 1 fully saturated rings. The molecule has 0 aliphatic carbocycles. The lowest BCUT2D eigenvalue weighted by atomic mass is 9.99. The molecular formula is C12H13BrFNO2. The molecule has 0 radical (unpaired) electrons. The molecule has 1 aromatic carbocycles. The summed E-state index contributed by atoms with van der Waals surface area (Å²) in [5, 5.41) is 12.0. The van der Waals surface area contributed by atoms with Gasteiger partial charge in [-0.15, -0.1) is 0 Å². The van der Waals surface area contributed by atoms with E-state index in [1.807, 2.05) is 6.92 Å². The minimum absolute atomic E-state index is 0.215. The number of carboxylic acids is 1. The van der Waals surface area contributed by atoms with Crippen molar-refractivity contribution < 1.29 is 14.3 Å². The second kappa shape index (κ2) is 4.74. The molecule has 0 bridgehead atoms. The second-order valence-electron chi connectivity index (χ2n) is 4.35. The Kier molecular flexibility index (Phi) is 3.49. The first-order valence-corrected chi connectivity index (χ1v) is 6.20. The van der Waals surface area contributed by atoms with E-state index in [2.05, 4.69) is 21.2 Å². The van der Waals surface area contributed by atoms with Gasteiger partial charge in [0.1, 0.15) is 5.82 Å². The van der Waals surface area contributed by atoms with Crippen LogP contribution in [0.3, 0.4) is 0 Å². The number of rotatable bonds is 2. The summed E-state index contributed by atoms with van der Waals surface area (Å²) in [6.07, 6.45) is 0.432. The average Bonchev–Trinajstić information content (AvgIpc) is 2.72. The van der Waals surface area contributed by atoms with Crippen molar-refractivity contribution in [1.29, 1.82) is 0 Å². The average molecular weight is 302 g/mol. The second-order valence-corrected chi connectivity index (χ2v) is 5.21. The molecular weight excluding hydrogens is 289 g/mol. The molecule has 2 rings (SSSR count). The number of halogens is 2. The molecule has 1 aliphatic rings. The van der Waals surface area contributed by atoms with E-state index >= 15 is 0 Å². The smallest absolute Gasteiger partial charge is 0.307 e. The number of hydrogen-bond donors (Lipinski definition) is 2. The van der Waals surface area contributed by atoms with E-state index in [1.54, 1.807) is 6.07 Å². The van der Waals surface area contributed by atoms with Gasteiger partial charge in [0.05, 0.1) is 5.92 Å². The predicted octanol–water partition coefficient (Wildman–Crippen LogP) is 2.63. The number of hydrogen-bond acceptors (Lipinski definition) is 2. The van der Waals surface area contributed by atoms with Gasteiger partial charge in [-0.2, -0.15) is 0 Å². The van der Waals surface area contributed by atoms with E-state index < -0.39 is 11.9 Å². The van der Waals surface area contributed by atoms with Crippen molar-refractivity contribution in [2.24, 2.45) is 5.92 Å². The van der Waals surface area contributed by atoms with E-state index in [0.29, 0.717) is 18.5 Å². The minimum Gasteiger partial charge on any atom is -0.481 e. The van der Waals surface area contributed by atoms with Gasteiger partial charge in [0, 0.05) is 22.6 Å². The molecule has 1 heterocycles. The maximum atomic E-state index is 13.8. The molecule has 1 aliphatic heterocycles. The quantitative estimate of drug-likeness (QED) is 0.883. The molecule has 2 atom stereocenters. The van der Waals surface area contributed by atoms with Crippen LogP contribution >= 0.6 is 15.9 Å². The lowest BCUT2D eigenvalue weighted by Gasteiger charge is -2.13. The Balaban J connectivity index is 2.24. The lowest BCUT2D eigenvalue weighted by molar-refractivity contribution is -0.141. The van der Waals surface area contributed by atoms with Crippen molar-refractivity contribution >= 4 is 21.9 Å². The first-order chi connectivity index (χ1) is 7.99. The van der Waals surface area contributed by atoms with E-state index in [-0.39, 0.29) is 11.9 Å². The van der Waals surface area contributed by atoms with Gasteiger partial charge < -0.3 is 10.4 Å². The number of carbonyl (C=O) groups is 1. The highest BCUT2D eigenvalue weighted by molar-refractivity contribution is 9.10. The normalized spacial score (nSPS) is 23.9. The van der Waals surface area contributed by atoms with Crippen LogP contribution in [0, 0.1) is 18.7 Å². The monoisotopic (exact) mass is 301 g/mol. The summed E-state index contributed by atoms with van der Waals surface area (Å²) in [5.41, 5.74) is 1.37. The third-order valence-corrected chi connectivity index (χ3v) is 3.99. The molecule has 2 N–H and O–H groups in total. The van der Waals surface area contributed by atoms with Crippen LogP contribution in [-0.2, 0) is 4.79 Å². The summed E-state index contributed by atoms with van der Waals surface area (Å²) in [5.74, 6) is -1.54. The maximum Gasteiger partial charge on any atom is 0.307 e. The molecule has 0 spiro atoms. The zero-order valence-corrected chi connectivity index (χ0v) is 10.9. The summed E-state index contributed by atoms with van der Waals surface area (Å²) in [7, 11) is 0. The molecule has 2 unspecified atom stereocenters. The summed E-state index contributed by atoms with van der Waals surface area (Å²) >= 11 is 3.36.